The molecule has 780 valence electrons. The van der Waals surface area contributed by atoms with Crippen molar-refractivity contribution in [3.05, 3.63) is 86.7 Å². The number of ketones is 1. The number of esters is 1. The number of Topliss-reactive ketones (excluding diaryl/α,β-unsaturated/α-hetero) is 1. The first-order valence-electron chi connectivity index (χ1n) is 46.9. The van der Waals surface area contributed by atoms with Crippen LogP contribution in [0.4, 0.5) is 15.8 Å². The number of methoxy groups -OCH3 is 1. The number of anilines is 2. The second kappa shape index (κ2) is 50.7. The van der Waals surface area contributed by atoms with Crippen LogP contribution in [0.25, 0.3) is 21.7 Å². The van der Waals surface area contributed by atoms with Crippen molar-refractivity contribution in [2.75, 3.05) is 136 Å². The third-order valence-electron chi connectivity index (χ3n) is 27.0. The van der Waals surface area contributed by atoms with Gasteiger partial charge in [0.2, 0.25) is 11.3 Å². The number of fused-ring (bicyclic) bond motifs is 14. The monoisotopic (exact) mass is 1970 g/mol. The molecule has 15 unspecified atom stereocenters. The number of pyridine rings is 1. The fraction of sp³-hybridized carbons (Fsp3) is 0.667. The minimum Gasteiger partial charge on any atom is -0.507 e. The number of allylic oxidation sites excluding steroid dienone is 2. The van der Waals surface area contributed by atoms with Crippen molar-refractivity contribution in [2.45, 2.75) is 248 Å². The highest BCUT2D eigenvalue weighted by atomic mass is 19.1. The Labute approximate surface area is 805 Å². The van der Waals surface area contributed by atoms with Crippen LogP contribution in [0.2, 0.25) is 0 Å². The summed E-state index contributed by atoms with van der Waals surface area (Å²) in [5.74, 6) is -10.7. The third-order valence-corrected chi connectivity index (χ3v) is 27.0. The number of ether oxygens (including phenoxy) is 9. The Hall–Kier alpha value is -9.10. The van der Waals surface area contributed by atoms with Gasteiger partial charge in [0.25, 0.3) is 11.7 Å². The van der Waals surface area contributed by atoms with E-state index in [0.29, 0.717) is 43.1 Å². The average molecular weight is 1970 g/mol. The molecule has 0 radical (unpaired) electrons. The van der Waals surface area contributed by atoms with Gasteiger partial charge >= 0.3 is 17.7 Å². The molecule has 4 saturated heterocycles. The summed E-state index contributed by atoms with van der Waals surface area (Å²) in [7, 11) is 5.44. The number of carbonyl (C=O) groups excluding carboxylic acids is 4. The number of aromatic nitrogens is 1. The van der Waals surface area contributed by atoms with Gasteiger partial charge in [0, 0.05) is 157 Å². The number of amides is 2. The molecule has 13 rings (SSSR count). The quantitative estimate of drug-likeness (QED) is 0.0104. The zero-order chi connectivity index (χ0) is 103. The molecule has 1 aromatic heterocycles. The number of rotatable bonds is 25. The molecule has 46 heteroatoms. The van der Waals surface area contributed by atoms with E-state index in [-0.39, 0.29) is 119 Å². The van der Waals surface area contributed by atoms with Gasteiger partial charge in [-0.25, -0.2) is 9.18 Å². The highest BCUT2D eigenvalue weighted by molar-refractivity contribution is 6.24. The lowest BCUT2D eigenvalue weighted by Crippen LogP contribution is -2.69. The summed E-state index contributed by atoms with van der Waals surface area (Å²) in [6.45, 7) is 25.4. The van der Waals surface area contributed by atoms with Crippen molar-refractivity contribution in [3.8, 4) is 28.7 Å². The Balaban J connectivity index is 0.000000231. The third kappa shape index (κ3) is 26.3. The number of nitrogens with zero attached hydrogens (tertiary/aromatic N) is 6. The van der Waals surface area contributed by atoms with Crippen LogP contribution < -0.4 is 64.0 Å². The lowest BCUT2D eigenvalue weighted by atomic mass is 9.78. The number of hydrazone groups is 1. The first kappa shape index (κ1) is 113. The smallest absolute Gasteiger partial charge is 0.341 e. The lowest BCUT2D eigenvalue weighted by Gasteiger charge is -2.49. The highest BCUT2D eigenvalue weighted by Gasteiger charge is 2.55. The van der Waals surface area contributed by atoms with Crippen LogP contribution in [0.1, 0.15) is 133 Å². The van der Waals surface area contributed by atoms with E-state index in [1.807, 2.05) is 39.8 Å². The van der Waals surface area contributed by atoms with Gasteiger partial charge in [-0.1, -0.05) is 59.8 Å². The van der Waals surface area contributed by atoms with E-state index in [2.05, 4.69) is 36.2 Å². The SMILES string of the molecule is CC[C@@H](CO)NCCN[C@@H](CC)CO.CO[C@H]1/C=C/O[C@@]2(C)Oc3c(C)c(O)c4c(O)c(c(/C=N/N5CCN(C)CC5)c(O)c4c3C2=O)NC(=O)/C(C)=C\C=C\[C@@H](C)[C@@H](O)[C@@H](C)[C@H](O)[C@H](C)[C@H](OC(C)=O)[C@@H]1C.C[C@H]1COc2c(N3CCN(C)CC3)c(F)cc3c(=O)c(C(=O)O)cn1c23.NCC[C@@H](O)C(=O)NC1CC(N)C(OC2OC(CN)C(O)C(O)C2O)C(O)C1OC1OC(CO)C(O)C(N)C1O. The molecule has 5 fully saturated rings. The molecular weight excluding hydrogens is 1830 g/mol. The number of hydrogen-bond donors (Lipinski definition) is 24. The molecular formula is C93H145FN14O31. The number of hydrogen-bond acceptors (Lipinski definition) is 41. The number of aromatic hydroxyl groups is 3. The maximum atomic E-state index is 15.0. The Morgan fingerprint density at radius 2 is 1.34 bits per heavy atom. The fourth-order valence-corrected chi connectivity index (χ4v) is 17.9. The van der Waals surface area contributed by atoms with E-state index in [9.17, 15) is 105 Å². The number of carbonyl (C=O) groups is 5. The first-order chi connectivity index (χ1) is 65.7. The number of phenols is 3. The van der Waals surface area contributed by atoms with Crippen LogP contribution in [0, 0.1) is 36.4 Å². The van der Waals surface area contributed by atoms with Crippen molar-refractivity contribution >= 4 is 68.8 Å². The summed E-state index contributed by atoms with van der Waals surface area (Å²) in [6.07, 6.45) is -11.7. The largest absolute Gasteiger partial charge is 0.507 e. The topological polar surface area (TPSA) is 692 Å². The summed E-state index contributed by atoms with van der Waals surface area (Å²) >= 11 is 0. The van der Waals surface area contributed by atoms with Gasteiger partial charge < -0.3 is 188 Å². The van der Waals surface area contributed by atoms with Crippen molar-refractivity contribution in [1.82, 2.24) is 35.3 Å². The van der Waals surface area contributed by atoms with Crippen LogP contribution in [0.5, 0.6) is 28.7 Å². The van der Waals surface area contributed by atoms with E-state index in [0.717, 1.165) is 58.2 Å². The maximum Gasteiger partial charge on any atom is 0.341 e. The van der Waals surface area contributed by atoms with Crippen LogP contribution in [-0.4, -0.2) is 403 Å². The lowest BCUT2D eigenvalue weighted by molar-refractivity contribution is -0.332. The second-order valence-corrected chi connectivity index (χ2v) is 36.9. The standard InChI is InChI=1S/C43H58N4O12.C22H43N5O13.C18H20FN3O4.C10H24N2O2/c1-21-12-11-13-22(2)42(55)45-33-28(20-44-47-17-15-46(9)16-18-47)37(52)30-31(38(33)53)36(51)26(6)40-32(30)41(54)43(8,59-40)57-19-14-29(56-10)23(3)39(58-27(7)48)25(5)35(50)24(4)34(21)49;23-2-1-8(29)20(36)27-7-3-6(25)18(39-22-16(34)15(33)13(31)9(4-24)37-22)17(35)19(7)40-21-14(32)11(26)12(30)10(5-28)38-21;1-10-9-26-17-14-11(16(23)12(18(24)25)8-22(10)14)7-13(19)15(17)21-5-3-20(2)4-6-21;1-3-9(7-13)11-5-6-12-10(4-2)8-14/h11-14,19-21,23-25,29,34-35,39,49-53H,15-18H2,1-10H3,(H,45,55);6-19,21-22,28-35H,1-5,23-26H2,(H,27,36);7-8,10H,3-6,9H2,1-2H3,(H,24,25);9-14H,3-8H2,1-2H3/b12-11+,19-14+,22-13-,44-20+;;;/t21-,23-,24-,25+,29+,34-,35+,39-,43+;6?,7?,8-,9?,10?,11?,12?,13?,14?,15?,16?,17?,18?,19?,21?,22?;10-;9-,10-/m1100/s1. The summed E-state index contributed by atoms with van der Waals surface area (Å²) in [5, 5.41) is 185. The van der Waals surface area contributed by atoms with E-state index in [1.165, 1.54) is 65.6 Å². The number of phenolic OH excluding ortho intramolecular Hbond substituents is 3. The Morgan fingerprint density at radius 1 is 0.734 bits per heavy atom. The molecule has 9 heterocycles. The zero-order valence-electron chi connectivity index (χ0n) is 81.0. The number of nitrogens with two attached hydrogens (primary N) is 4. The van der Waals surface area contributed by atoms with E-state index in [1.54, 1.807) is 49.4 Å². The van der Waals surface area contributed by atoms with E-state index >= 15 is 0 Å². The zero-order valence-corrected chi connectivity index (χ0v) is 81.0. The number of piperazine rings is 2. The molecule has 139 heavy (non-hydrogen) atoms. The number of aromatic carboxylic acids is 1. The molecule has 3 aromatic carbocycles. The van der Waals surface area contributed by atoms with Crippen LogP contribution >= 0.6 is 0 Å². The number of carboxylic acids is 1. The Morgan fingerprint density at radius 3 is 1.91 bits per heavy atom. The first-order valence-corrected chi connectivity index (χ1v) is 46.9. The molecule has 45 nitrogen and oxygen atoms in total. The molecule has 5 bridgehead atoms. The van der Waals surface area contributed by atoms with Gasteiger partial charge in [0.15, 0.2) is 29.9 Å². The summed E-state index contributed by atoms with van der Waals surface area (Å²) in [4.78, 5) is 83.3. The number of carboxylic acid groups (broad SMARTS) is 1. The minimum absolute atomic E-state index is 0.0101. The summed E-state index contributed by atoms with van der Waals surface area (Å²) in [6, 6.07) is -2.06. The molecule has 1 aliphatic carbocycles. The molecule has 1 saturated carbocycles. The summed E-state index contributed by atoms with van der Waals surface area (Å²) in [5.41, 5.74) is 22.5. The van der Waals surface area contributed by atoms with Crippen molar-refractivity contribution < 1.29 is 153 Å². The maximum absolute atomic E-state index is 15.0. The number of aliphatic hydroxyl groups is 12. The van der Waals surface area contributed by atoms with Crippen molar-refractivity contribution in [2.24, 2.45) is 51.7 Å². The molecule has 9 aliphatic rings. The number of benzene rings is 3. The Bertz CT molecular complexity index is 4980. The van der Waals surface area contributed by atoms with Crippen molar-refractivity contribution in [3.63, 3.8) is 0 Å². The van der Waals surface area contributed by atoms with E-state index < -0.39 is 216 Å². The number of nitrogens with one attached hydrogen (secondary N) is 4. The van der Waals surface area contributed by atoms with E-state index in [4.69, 9.17) is 75.8 Å². The van der Waals surface area contributed by atoms with Gasteiger partial charge in [-0.2, -0.15) is 5.10 Å². The molecule has 8 aliphatic heterocycles. The van der Waals surface area contributed by atoms with Gasteiger partial charge in [-0.05, 0) is 79.2 Å². The predicted molar refractivity (Wildman–Crippen MR) is 505 cm³/mol. The molecule has 4 aromatic rings. The average Bonchev–Trinajstić information content (AvgIpc) is 1.54. The molecule has 0 spiro atoms. The second-order valence-electron chi connectivity index (χ2n) is 36.9. The number of halogens is 1. The van der Waals surface area contributed by atoms with Gasteiger partial charge in [0.1, 0.15) is 108 Å². The molecule has 28 N–H and O–H groups in total. The minimum atomic E-state index is -2.04. The van der Waals surface area contributed by atoms with Crippen LogP contribution in [-0.2, 0) is 47.5 Å². The highest BCUT2D eigenvalue weighted by Crippen LogP contribution is 2.56. The molecule has 2 amide bonds. The predicted octanol–water partition coefficient (Wildman–Crippen LogP) is -2.84. The summed E-state index contributed by atoms with van der Waals surface area (Å²) < 4.78 is 68.7. The Kier molecular flexibility index (Phi) is 41.4. The number of aliphatic hydroxyl groups excluding tert-OH is 12. The van der Waals surface area contributed by atoms with Gasteiger partial charge in [-0.3, -0.25) is 29.0 Å². The molecule has 28 atom stereocenters. The van der Waals surface area contributed by atoms with Crippen LogP contribution in [0.15, 0.2) is 58.3 Å². The van der Waals surface area contributed by atoms with Gasteiger partial charge in [0.05, 0.1) is 102 Å². The van der Waals surface area contributed by atoms with Crippen molar-refractivity contribution in [1.29, 1.82) is 0 Å². The fourth-order valence-electron chi connectivity index (χ4n) is 17.9. The number of likely N-dealkylation sites (N-methyl/N-ethyl adjacent to an activating group) is 2. The van der Waals surface area contributed by atoms with Crippen LogP contribution in [0.3, 0.4) is 0 Å². The normalized spacial score (nSPS) is 32.5. The van der Waals surface area contributed by atoms with Gasteiger partial charge in [-0.15, -0.1) is 0 Å².